The summed E-state index contributed by atoms with van der Waals surface area (Å²) in [6.07, 6.45) is 25.5. The molecule has 0 spiro atoms. The van der Waals surface area contributed by atoms with E-state index in [1.807, 2.05) is 4.90 Å². The average Bonchev–Trinajstić information content (AvgIpc) is 2.41. The highest BCUT2D eigenvalue weighted by Crippen LogP contribution is 2.34. The molecule has 0 bridgehead atoms. The Morgan fingerprint density at radius 2 is 0.872 bits per heavy atom. The third-order valence-electron chi connectivity index (χ3n) is 15.1. The largest absolute Gasteiger partial charge is 0.503 e. The Morgan fingerprint density at radius 1 is 0.500 bits per heavy atom. The van der Waals surface area contributed by atoms with Crippen LogP contribution in [0.5, 0.6) is 0 Å². The van der Waals surface area contributed by atoms with Gasteiger partial charge in [-0.1, -0.05) is 182 Å². The molecule has 474 valence electrons. The van der Waals surface area contributed by atoms with Crippen LogP contribution in [0.1, 0.15) is 230 Å². The summed E-state index contributed by atoms with van der Waals surface area (Å²) in [5.41, 5.74) is 3.58. The second kappa shape index (κ2) is 42.9. The highest BCUT2D eigenvalue weighted by Gasteiger charge is 2.44. The van der Waals surface area contributed by atoms with Crippen molar-refractivity contribution in [3.8, 4) is 0 Å². The van der Waals surface area contributed by atoms with Crippen molar-refractivity contribution in [1.29, 1.82) is 0 Å². The number of esters is 5. The second-order valence-corrected chi connectivity index (χ2v) is 23.4. The summed E-state index contributed by atoms with van der Waals surface area (Å²) in [6, 6.07) is 32.2. The third kappa shape index (κ3) is 31.0. The number of likely N-dealkylation sites (tertiary alicyclic amines) is 1. The lowest BCUT2D eigenvalue weighted by Crippen LogP contribution is -2.37. The van der Waals surface area contributed by atoms with Crippen LogP contribution in [-0.2, 0) is 38.1 Å². The molecule has 14 heteroatoms. The van der Waals surface area contributed by atoms with Crippen LogP contribution < -0.4 is 0 Å². The maximum absolute atomic E-state index is 12.4. The molecule has 2 aliphatic rings. The number of rotatable bonds is 33. The van der Waals surface area contributed by atoms with Crippen LogP contribution in [0.15, 0.2) is 121 Å². The zero-order valence-corrected chi connectivity index (χ0v) is 53.1. The summed E-state index contributed by atoms with van der Waals surface area (Å²) in [7, 11) is 0. The number of aliphatic hydroxyl groups is 2. The van der Waals surface area contributed by atoms with Crippen molar-refractivity contribution in [3.05, 3.63) is 154 Å². The molecule has 2 N–H and O–H groups in total. The fourth-order valence-corrected chi connectivity index (χ4v) is 9.54. The Labute approximate surface area is 514 Å². The smallest absolute Gasteiger partial charge is 0.338 e. The summed E-state index contributed by atoms with van der Waals surface area (Å²) in [4.78, 5) is 74.0. The lowest BCUT2D eigenvalue weighted by Gasteiger charge is -2.30. The molecule has 1 aliphatic carbocycles. The van der Waals surface area contributed by atoms with Crippen molar-refractivity contribution in [2.75, 3.05) is 46.1 Å². The van der Waals surface area contributed by atoms with Gasteiger partial charge in [0.15, 0.2) is 5.76 Å². The fourth-order valence-electron chi connectivity index (χ4n) is 9.54. The summed E-state index contributed by atoms with van der Waals surface area (Å²) in [5.74, 6) is -2.40. The Balaban J connectivity index is 0.000000328. The first-order valence-electron chi connectivity index (χ1n) is 31.9. The van der Waals surface area contributed by atoms with E-state index in [9.17, 15) is 39.0 Å². The van der Waals surface area contributed by atoms with Gasteiger partial charge in [-0.05, 0) is 127 Å². The van der Waals surface area contributed by atoms with Crippen molar-refractivity contribution in [3.63, 3.8) is 0 Å². The van der Waals surface area contributed by atoms with Gasteiger partial charge in [0.1, 0.15) is 25.4 Å². The molecule has 4 aromatic rings. The van der Waals surface area contributed by atoms with Crippen LogP contribution in [0.2, 0.25) is 0 Å². The quantitative estimate of drug-likeness (QED) is 0.0260. The summed E-state index contributed by atoms with van der Waals surface area (Å²) in [6.45, 7) is 16.6. The van der Waals surface area contributed by atoms with Gasteiger partial charge in [0, 0.05) is 32.4 Å². The number of unbranched alkanes of at least 4 members (excludes halogenated alkanes) is 15. The van der Waals surface area contributed by atoms with E-state index < -0.39 is 34.7 Å². The predicted molar refractivity (Wildman–Crippen MR) is 340 cm³/mol. The van der Waals surface area contributed by atoms with E-state index in [1.54, 1.807) is 97.9 Å². The Hall–Kier alpha value is -6.80. The van der Waals surface area contributed by atoms with E-state index in [0.717, 1.165) is 77.3 Å². The van der Waals surface area contributed by atoms with Crippen molar-refractivity contribution in [2.45, 2.75) is 208 Å². The SMILES string of the molecule is CC(COC(=O)c1ccccc1)(COC(=O)c1ccccc1)COC(=O)c1ccccc1.CC1(O)CC(N2CCCCC2)=C(O)C1=O.CCCCCCCCOC(=O)CCCCCCCCC(=O)OCCCCCCCC.Cc1ccc(C)c(C)c1. The van der Waals surface area contributed by atoms with Gasteiger partial charge in [-0.25, -0.2) is 14.4 Å². The molecular formula is C72H103NO13. The first-order valence-corrected chi connectivity index (χ1v) is 31.9. The number of ether oxygens (including phenoxy) is 5. The van der Waals surface area contributed by atoms with E-state index in [4.69, 9.17) is 23.7 Å². The zero-order valence-electron chi connectivity index (χ0n) is 53.1. The van der Waals surface area contributed by atoms with Gasteiger partial charge < -0.3 is 38.8 Å². The minimum atomic E-state index is -1.41. The minimum Gasteiger partial charge on any atom is -0.503 e. The van der Waals surface area contributed by atoms with Crippen LogP contribution in [0.4, 0.5) is 0 Å². The third-order valence-corrected chi connectivity index (χ3v) is 15.1. The van der Waals surface area contributed by atoms with Crippen LogP contribution in [0.25, 0.3) is 0 Å². The highest BCUT2D eigenvalue weighted by molar-refractivity contribution is 6.02. The van der Waals surface area contributed by atoms with E-state index in [2.05, 4.69) is 52.8 Å². The fraction of sp³-hybridized carbons (Fsp3) is 0.556. The van der Waals surface area contributed by atoms with E-state index >= 15 is 0 Å². The number of piperidine rings is 1. The van der Waals surface area contributed by atoms with Gasteiger partial charge >= 0.3 is 29.8 Å². The van der Waals surface area contributed by atoms with Gasteiger partial charge in [-0.15, -0.1) is 0 Å². The number of aliphatic hydroxyl groups excluding tert-OH is 1. The number of carbonyl (C=O) groups excluding carboxylic acids is 6. The molecule has 0 saturated carbocycles. The number of Topliss-reactive ketones (excluding diaryl/α,β-unsaturated/α-hetero) is 1. The number of carbonyl (C=O) groups is 6. The maximum Gasteiger partial charge on any atom is 0.338 e. The lowest BCUT2D eigenvalue weighted by atomic mass is 9.94. The molecule has 0 aromatic heterocycles. The lowest BCUT2D eigenvalue weighted by molar-refractivity contribution is -0.144. The number of hydrogen-bond acceptors (Lipinski definition) is 14. The van der Waals surface area contributed by atoms with E-state index in [1.165, 1.54) is 94.2 Å². The molecule has 1 atom stereocenters. The summed E-state index contributed by atoms with van der Waals surface area (Å²) >= 11 is 0. The molecule has 0 radical (unpaired) electrons. The standard InChI is InChI=1S/C26H24O6.C26H50O4.C11H17NO3.C9H12/c1-26(17-30-23(27)20-11-5-2-6-12-20,18-31-24(28)21-13-7-3-8-14-21)19-32-25(29)22-15-9-4-10-16-22;1-3-5-7-9-15-19-23-29-25(27)21-17-13-11-12-14-18-22-26(28)30-24-20-16-10-8-6-4-2;1-11(15)7-8(9(13)10(11)14)12-5-3-2-4-6-12;1-7-4-5-8(2)9(3)6-7/h2-16H,17-19H2,1H3;3-24H2,1-2H3;13,15H,2-7H2,1H3;4-6H,1-3H3. The highest BCUT2D eigenvalue weighted by atomic mass is 16.6. The molecular weight excluding hydrogens is 1090 g/mol. The van der Waals surface area contributed by atoms with Gasteiger partial charge in [-0.3, -0.25) is 14.4 Å². The van der Waals surface area contributed by atoms with Crippen LogP contribution >= 0.6 is 0 Å². The predicted octanol–water partition coefficient (Wildman–Crippen LogP) is 16.1. The van der Waals surface area contributed by atoms with Gasteiger partial charge in [0.2, 0.25) is 5.78 Å². The number of ketones is 1. The van der Waals surface area contributed by atoms with E-state index in [0.29, 0.717) is 48.4 Å². The van der Waals surface area contributed by atoms with Gasteiger partial charge in [0.25, 0.3) is 0 Å². The molecule has 0 amide bonds. The molecule has 6 rings (SSSR count). The number of nitrogens with zero attached hydrogens (tertiary/aromatic N) is 1. The van der Waals surface area contributed by atoms with Crippen LogP contribution in [-0.4, -0.2) is 102 Å². The Bertz CT molecular complexity index is 2420. The molecule has 86 heavy (non-hydrogen) atoms. The van der Waals surface area contributed by atoms with Crippen molar-refractivity contribution in [1.82, 2.24) is 4.90 Å². The summed E-state index contributed by atoms with van der Waals surface area (Å²) in [5, 5.41) is 19.4. The number of benzene rings is 4. The monoisotopic (exact) mass is 1190 g/mol. The minimum absolute atomic E-state index is 0.0448. The molecule has 4 aromatic carbocycles. The summed E-state index contributed by atoms with van der Waals surface area (Å²) < 4.78 is 26.9. The number of aryl methyl sites for hydroxylation is 3. The number of hydrogen-bond donors (Lipinski definition) is 2. The van der Waals surface area contributed by atoms with Crippen LogP contribution in [0, 0.1) is 26.2 Å². The molecule has 1 heterocycles. The average molecular weight is 1190 g/mol. The van der Waals surface area contributed by atoms with Crippen molar-refractivity contribution >= 4 is 35.6 Å². The molecule has 14 nitrogen and oxygen atoms in total. The molecule has 1 saturated heterocycles. The zero-order chi connectivity index (χ0) is 62.8. The van der Waals surface area contributed by atoms with E-state index in [-0.39, 0.29) is 43.9 Å². The van der Waals surface area contributed by atoms with Crippen LogP contribution in [0.3, 0.4) is 0 Å². The van der Waals surface area contributed by atoms with Crippen molar-refractivity contribution < 1.29 is 62.7 Å². The second-order valence-electron chi connectivity index (χ2n) is 23.4. The van der Waals surface area contributed by atoms with Crippen molar-refractivity contribution in [2.24, 2.45) is 5.41 Å². The van der Waals surface area contributed by atoms with Gasteiger partial charge in [0.05, 0.1) is 41.0 Å². The molecule has 1 unspecified atom stereocenters. The first-order chi connectivity index (χ1) is 41.4. The molecule has 1 fully saturated rings. The first kappa shape index (κ1) is 73.5. The maximum atomic E-state index is 12.4. The topological polar surface area (TPSA) is 192 Å². The Morgan fingerprint density at radius 3 is 1.22 bits per heavy atom. The van der Waals surface area contributed by atoms with Gasteiger partial charge in [-0.2, -0.15) is 0 Å². The molecule has 1 aliphatic heterocycles. The normalized spacial score (nSPS) is 14.5. The Kier molecular flexibility index (Phi) is 36.7.